The van der Waals surface area contributed by atoms with Gasteiger partial charge in [0.2, 0.25) is 5.88 Å². The summed E-state index contributed by atoms with van der Waals surface area (Å²) in [5.74, 6) is 0.659. The highest BCUT2D eigenvalue weighted by Crippen LogP contribution is 2.38. The van der Waals surface area contributed by atoms with Crippen LogP contribution in [0.15, 0.2) is 17.2 Å². The molecule has 0 spiro atoms. The van der Waals surface area contributed by atoms with E-state index >= 15 is 0 Å². The minimum absolute atomic E-state index is 0.121. The number of rotatable bonds is 4. The van der Waals surface area contributed by atoms with Crippen molar-refractivity contribution in [2.24, 2.45) is 5.92 Å². The quantitative estimate of drug-likeness (QED) is 0.692. The zero-order valence-corrected chi connectivity index (χ0v) is 17.9. The van der Waals surface area contributed by atoms with Crippen LogP contribution in [0.4, 0.5) is 10.5 Å². The molecule has 0 radical (unpaired) electrons. The number of hydrogen-bond acceptors (Lipinski definition) is 5. The Morgan fingerprint density at radius 2 is 1.97 bits per heavy atom. The van der Waals surface area contributed by atoms with Gasteiger partial charge in [-0.05, 0) is 67.2 Å². The molecule has 30 heavy (non-hydrogen) atoms. The van der Waals surface area contributed by atoms with Gasteiger partial charge in [0.05, 0.1) is 19.3 Å². The summed E-state index contributed by atoms with van der Waals surface area (Å²) < 4.78 is 31.2. The largest absolute Gasteiger partial charge is 0.477 e. The van der Waals surface area contributed by atoms with E-state index in [-0.39, 0.29) is 4.90 Å². The van der Waals surface area contributed by atoms with Crippen molar-refractivity contribution in [3.05, 3.63) is 34.5 Å². The average molecular weight is 430 g/mol. The van der Waals surface area contributed by atoms with Gasteiger partial charge in [0.15, 0.2) is 9.92 Å². The molecule has 2 atom stereocenters. The van der Waals surface area contributed by atoms with E-state index < -0.39 is 15.9 Å². The molecule has 0 saturated heterocycles. The van der Waals surface area contributed by atoms with Gasteiger partial charge in [0.25, 0.3) is 0 Å². The van der Waals surface area contributed by atoms with Gasteiger partial charge in [0, 0.05) is 11.6 Å². The third kappa shape index (κ3) is 3.25. The molecule has 0 saturated carbocycles. The third-order valence-corrected chi connectivity index (χ3v) is 7.85. The fourth-order valence-electron chi connectivity index (χ4n) is 4.86. The Labute approximate surface area is 176 Å². The van der Waals surface area contributed by atoms with E-state index in [0.717, 1.165) is 50.6 Å². The molecule has 5 rings (SSSR count). The number of hydrogen-bond donors (Lipinski definition) is 3. The van der Waals surface area contributed by atoms with Gasteiger partial charge in [-0.2, -0.15) is 5.10 Å². The Hall–Kier alpha value is -2.55. The van der Waals surface area contributed by atoms with E-state index in [1.165, 1.54) is 28.5 Å². The first-order valence-corrected chi connectivity index (χ1v) is 12.2. The minimum Gasteiger partial charge on any atom is -0.477 e. The molecule has 1 aliphatic heterocycles. The van der Waals surface area contributed by atoms with Crippen molar-refractivity contribution in [3.63, 3.8) is 0 Å². The van der Waals surface area contributed by atoms with Gasteiger partial charge < -0.3 is 10.1 Å². The second-order valence-corrected chi connectivity index (χ2v) is 10.2. The maximum atomic E-state index is 13.1. The van der Waals surface area contributed by atoms with Gasteiger partial charge >= 0.3 is 6.03 Å². The number of benzene rings is 1. The second kappa shape index (κ2) is 7.30. The summed E-state index contributed by atoms with van der Waals surface area (Å²) >= 11 is 0. The fourth-order valence-corrected chi connectivity index (χ4v) is 5.89. The summed E-state index contributed by atoms with van der Waals surface area (Å²) in [6.07, 6.45) is 8.46. The molecule has 2 aromatic rings. The molecule has 8 nitrogen and oxygen atoms in total. The topological polar surface area (TPSA) is 109 Å². The monoisotopic (exact) mass is 429 g/mol. The van der Waals surface area contributed by atoms with Crippen LogP contribution >= 0.6 is 0 Å². The van der Waals surface area contributed by atoms with E-state index in [1.807, 2.05) is 0 Å². The van der Waals surface area contributed by atoms with Crippen molar-refractivity contribution in [1.29, 1.82) is 4.78 Å². The molecule has 3 N–H and O–H groups in total. The Morgan fingerprint density at radius 1 is 1.27 bits per heavy atom. The van der Waals surface area contributed by atoms with Crippen LogP contribution in [0, 0.1) is 10.7 Å². The first kappa shape index (κ1) is 19.4. The first-order chi connectivity index (χ1) is 14.5. The average Bonchev–Trinajstić information content (AvgIpc) is 3.45. The van der Waals surface area contributed by atoms with Crippen LogP contribution in [0.25, 0.3) is 0 Å². The summed E-state index contributed by atoms with van der Waals surface area (Å²) in [5, 5.41) is 7.17. The molecule has 0 fully saturated rings. The first-order valence-electron chi connectivity index (χ1n) is 10.7. The van der Waals surface area contributed by atoms with Crippen LogP contribution in [0.2, 0.25) is 0 Å². The van der Waals surface area contributed by atoms with Crippen LogP contribution < -0.4 is 14.8 Å². The predicted molar refractivity (Wildman–Crippen MR) is 113 cm³/mol. The molecule has 9 heteroatoms. The normalized spacial score (nSPS) is 21.2. The minimum atomic E-state index is -3.60. The number of ether oxygens (including phenoxy) is 1. The highest BCUT2D eigenvalue weighted by atomic mass is 32.2. The van der Waals surface area contributed by atoms with Crippen LogP contribution in [-0.4, -0.2) is 26.6 Å². The molecule has 160 valence electrons. The van der Waals surface area contributed by atoms with E-state index in [9.17, 15) is 9.00 Å². The predicted octanol–water partition coefficient (Wildman–Crippen LogP) is 3.42. The number of nitrogens with one attached hydrogen (secondary N) is 3. The Bertz CT molecular complexity index is 1090. The third-order valence-electron chi connectivity index (χ3n) is 6.48. The SMILES string of the molecule is CC[C@@H]1COc2c(S(=N)(=O)NC(=O)Nc3c4c(cc5c3CCC5)CCC4)cnn2C1. The molecule has 2 aliphatic carbocycles. The van der Waals surface area contributed by atoms with E-state index in [0.29, 0.717) is 24.9 Å². The summed E-state index contributed by atoms with van der Waals surface area (Å²) in [4.78, 5) is 12.9. The molecular formula is C21H27N5O3S. The lowest BCUT2D eigenvalue weighted by Crippen LogP contribution is -2.35. The van der Waals surface area contributed by atoms with Crippen molar-refractivity contribution in [2.45, 2.75) is 63.3 Å². The van der Waals surface area contributed by atoms with Crippen molar-refractivity contribution < 1.29 is 13.7 Å². The number of anilines is 1. The number of aryl methyl sites for hydroxylation is 2. The maximum absolute atomic E-state index is 13.1. The number of urea groups is 1. The molecule has 1 aromatic heterocycles. The lowest BCUT2D eigenvalue weighted by atomic mass is 9.99. The zero-order chi connectivity index (χ0) is 20.9. The molecule has 3 aliphatic rings. The number of aromatic nitrogens is 2. The lowest BCUT2D eigenvalue weighted by Gasteiger charge is -2.24. The van der Waals surface area contributed by atoms with Crippen LogP contribution in [0.3, 0.4) is 0 Å². The van der Waals surface area contributed by atoms with Crippen molar-refractivity contribution >= 4 is 21.6 Å². The number of fused-ring (bicyclic) bond motifs is 3. The Morgan fingerprint density at radius 3 is 2.63 bits per heavy atom. The molecular weight excluding hydrogens is 402 g/mol. The summed E-state index contributed by atoms with van der Waals surface area (Å²) in [5.41, 5.74) is 5.87. The van der Waals surface area contributed by atoms with Gasteiger partial charge in [-0.1, -0.05) is 13.0 Å². The summed E-state index contributed by atoms with van der Waals surface area (Å²) in [6.45, 7) is 3.25. The highest BCUT2D eigenvalue weighted by Gasteiger charge is 2.30. The fraction of sp³-hybridized carbons (Fsp3) is 0.524. The highest BCUT2D eigenvalue weighted by molar-refractivity contribution is 7.91. The number of carbonyl (C=O) groups is 1. The van der Waals surface area contributed by atoms with E-state index in [2.05, 4.69) is 28.1 Å². The van der Waals surface area contributed by atoms with Gasteiger partial charge in [-0.3, -0.25) is 0 Å². The smallest absolute Gasteiger partial charge is 0.331 e. The van der Waals surface area contributed by atoms with Gasteiger partial charge in [-0.25, -0.2) is 23.2 Å². The van der Waals surface area contributed by atoms with Crippen LogP contribution in [0.1, 0.15) is 48.4 Å². The summed E-state index contributed by atoms with van der Waals surface area (Å²) in [7, 11) is -3.60. The molecule has 2 amide bonds. The van der Waals surface area contributed by atoms with Crippen LogP contribution in [0.5, 0.6) is 5.88 Å². The van der Waals surface area contributed by atoms with Gasteiger partial charge in [-0.15, -0.1) is 0 Å². The lowest BCUT2D eigenvalue weighted by molar-refractivity contribution is 0.157. The van der Waals surface area contributed by atoms with Crippen molar-refractivity contribution in [2.75, 3.05) is 11.9 Å². The summed E-state index contributed by atoms with van der Waals surface area (Å²) in [6, 6.07) is 1.67. The van der Waals surface area contributed by atoms with E-state index in [4.69, 9.17) is 9.52 Å². The van der Waals surface area contributed by atoms with Gasteiger partial charge in [0.1, 0.15) is 4.90 Å². The molecule has 2 heterocycles. The second-order valence-electron chi connectivity index (χ2n) is 8.43. The molecule has 1 aromatic carbocycles. The standard InChI is InChI=1S/C21H27N5O3S/c1-2-13-11-26-20(29-12-13)18(10-23-26)30(22,28)25-21(27)24-19-16-7-3-5-14(16)9-15-6-4-8-17(15)19/h9-10,13H,2-8,11-12H2,1H3,(H3,22,24,25,27,28)/t13-,30?/m0/s1. The van der Waals surface area contributed by atoms with Crippen LogP contribution in [-0.2, 0) is 42.1 Å². The number of nitrogens with zero attached hydrogens (tertiary/aromatic N) is 2. The zero-order valence-electron chi connectivity index (χ0n) is 17.1. The molecule has 0 bridgehead atoms. The number of carbonyl (C=O) groups excluding carboxylic acids is 1. The van der Waals surface area contributed by atoms with Crippen molar-refractivity contribution in [1.82, 2.24) is 14.5 Å². The van der Waals surface area contributed by atoms with Crippen molar-refractivity contribution in [3.8, 4) is 5.88 Å². The number of amides is 2. The molecule has 1 unspecified atom stereocenters. The maximum Gasteiger partial charge on any atom is 0.331 e. The van der Waals surface area contributed by atoms with E-state index in [1.54, 1.807) is 4.68 Å². The Balaban J connectivity index is 1.38. The Kier molecular flexibility index (Phi) is 4.72.